The molecule has 1 heterocycles. The van der Waals surface area contributed by atoms with Crippen molar-refractivity contribution in [3.8, 4) is 0 Å². The van der Waals surface area contributed by atoms with Gasteiger partial charge < -0.3 is 10.6 Å². The molecule has 2 nitrogen and oxygen atoms in total. The first kappa shape index (κ1) is 12.6. The zero-order valence-corrected chi connectivity index (χ0v) is 10.8. The third kappa shape index (κ3) is 3.83. The molecule has 17 heavy (non-hydrogen) atoms. The highest BCUT2D eigenvalue weighted by Gasteiger charge is 2.16. The van der Waals surface area contributed by atoms with Crippen molar-refractivity contribution in [1.29, 1.82) is 0 Å². The van der Waals surface area contributed by atoms with Crippen molar-refractivity contribution in [2.75, 3.05) is 19.6 Å². The third-order valence-corrected chi connectivity index (χ3v) is 3.73. The van der Waals surface area contributed by atoms with Crippen molar-refractivity contribution < 1.29 is 0 Å². The lowest BCUT2D eigenvalue weighted by molar-refractivity contribution is 0.178. The predicted octanol–water partition coefficient (Wildman–Crippen LogP) is 2.81. The van der Waals surface area contributed by atoms with Gasteiger partial charge in [-0.2, -0.15) is 0 Å². The summed E-state index contributed by atoms with van der Waals surface area (Å²) in [6, 6.07) is 10.6. The second kappa shape index (κ2) is 6.18. The van der Waals surface area contributed by atoms with Crippen LogP contribution in [0.3, 0.4) is 0 Å². The van der Waals surface area contributed by atoms with Gasteiger partial charge in [0.25, 0.3) is 0 Å². The highest BCUT2D eigenvalue weighted by atomic mass is 15.1. The summed E-state index contributed by atoms with van der Waals surface area (Å²) in [6.07, 6.45) is 3.81. The molecule has 0 radical (unpaired) electrons. The molecule has 1 aliphatic rings. The van der Waals surface area contributed by atoms with Crippen molar-refractivity contribution in [3.05, 3.63) is 35.9 Å². The molecule has 0 aliphatic carbocycles. The normalized spacial score (nSPS) is 23.5. The summed E-state index contributed by atoms with van der Waals surface area (Å²) in [4.78, 5) is 2.57. The van der Waals surface area contributed by atoms with Gasteiger partial charge in [0.15, 0.2) is 0 Å². The Morgan fingerprint density at radius 3 is 2.82 bits per heavy atom. The Kier molecular flexibility index (Phi) is 4.57. The summed E-state index contributed by atoms with van der Waals surface area (Å²) < 4.78 is 0. The first-order chi connectivity index (χ1) is 8.25. The van der Waals surface area contributed by atoms with Crippen molar-refractivity contribution in [2.45, 2.75) is 32.2 Å². The topological polar surface area (TPSA) is 29.3 Å². The fraction of sp³-hybridized carbons (Fsp3) is 0.600. The number of hydrogen-bond acceptors (Lipinski definition) is 2. The average Bonchev–Trinajstić information content (AvgIpc) is 2.37. The average molecular weight is 232 g/mol. The van der Waals surface area contributed by atoms with Crippen molar-refractivity contribution in [2.24, 2.45) is 11.7 Å². The highest BCUT2D eigenvalue weighted by molar-refractivity contribution is 5.18. The van der Waals surface area contributed by atoms with E-state index in [1.165, 1.54) is 31.5 Å². The molecular weight excluding hydrogens is 208 g/mol. The minimum absolute atomic E-state index is 0.188. The molecule has 2 heteroatoms. The van der Waals surface area contributed by atoms with Crippen LogP contribution in [0.2, 0.25) is 0 Å². The Morgan fingerprint density at radius 2 is 2.12 bits per heavy atom. The van der Waals surface area contributed by atoms with Gasteiger partial charge in [-0.1, -0.05) is 37.3 Å². The molecule has 0 amide bonds. The Morgan fingerprint density at radius 1 is 1.35 bits per heavy atom. The first-order valence-electron chi connectivity index (χ1n) is 6.78. The van der Waals surface area contributed by atoms with Gasteiger partial charge in [-0.3, -0.25) is 0 Å². The van der Waals surface area contributed by atoms with E-state index in [1.54, 1.807) is 0 Å². The van der Waals surface area contributed by atoms with E-state index in [9.17, 15) is 0 Å². The maximum Gasteiger partial charge on any atom is 0.0307 e. The van der Waals surface area contributed by atoms with Crippen LogP contribution >= 0.6 is 0 Å². The fourth-order valence-electron chi connectivity index (χ4n) is 2.68. The lowest BCUT2D eigenvalue weighted by atomic mass is 9.99. The van der Waals surface area contributed by atoms with E-state index in [0.29, 0.717) is 0 Å². The minimum atomic E-state index is 0.188. The summed E-state index contributed by atoms with van der Waals surface area (Å²) in [7, 11) is 0. The molecule has 0 unspecified atom stereocenters. The number of nitrogens with zero attached hydrogens (tertiary/aromatic N) is 1. The molecular formula is C15H24N2. The molecule has 1 aromatic carbocycles. The summed E-state index contributed by atoms with van der Waals surface area (Å²) in [5.41, 5.74) is 7.48. The van der Waals surface area contributed by atoms with Gasteiger partial charge in [0, 0.05) is 12.6 Å². The second-order valence-electron chi connectivity index (χ2n) is 5.35. The molecule has 1 aliphatic heterocycles. The number of nitrogens with two attached hydrogens (primary N) is 1. The smallest absolute Gasteiger partial charge is 0.0307 e. The van der Waals surface area contributed by atoms with Crippen LogP contribution in [0.25, 0.3) is 0 Å². The van der Waals surface area contributed by atoms with E-state index in [0.717, 1.165) is 18.9 Å². The molecule has 1 aromatic rings. The molecule has 1 saturated heterocycles. The molecule has 2 atom stereocenters. The lowest BCUT2D eigenvalue weighted by Crippen LogP contribution is -2.36. The third-order valence-electron chi connectivity index (χ3n) is 3.73. The summed E-state index contributed by atoms with van der Waals surface area (Å²) in [5, 5.41) is 0. The molecule has 2 rings (SSSR count). The Bertz CT molecular complexity index is 323. The van der Waals surface area contributed by atoms with Crippen molar-refractivity contribution in [3.63, 3.8) is 0 Å². The molecule has 2 N–H and O–H groups in total. The SMILES string of the molecule is C[C@@H]1CCCN(CC[C@@H](N)c2ccccc2)C1. The van der Waals surface area contributed by atoms with Gasteiger partial charge in [0.1, 0.15) is 0 Å². The van der Waals surface area contributed by atoms with E-state index >= 15 is 0 Å². The standard InChI is InChI=1S/C15H24N2/c1-13-6-5-10-17(12-13)11-9-15(16)14-7-3-2-4-8-14/h2-4,7-8,13,15H,5-6,9-12,16H2,1H3/t13-,15-/m1/s1. The second-order valence-corrected chi connectivity index (χ2v) is 5.35. The van der Waals surface area contributed by atoms with Crippen LogP contribution in [-0.4, -0.2) is 24.5 Å². The van der Waals surface area contributed by atoms with Gasteiger partial charge >= 0.3 is 0 Å². The monoisotopic (exact) mass is 232 g/mol. The Balaban J connectivity index is 1.78. The van der Waals surface area contributed by atoms with Crippen LogP contribution in [-0.2, 0) is 0 Å². The molecule has 0 aromatic heterocycles. The van der Waals surface area contributed by atoms with Gasteiger partial charge in [0.05, 0.1) is 0 Å². The fourth-order valence-corrected chi connectivity index (χ4v) is 2.68. The Labute approximate surface area is 105 Å². The lowest BCUT2D eigenvalue weighted by Gasteiger charge is -2.31. The van der Waals surface area contributed by atoms with Crippen LogP contribution in [0.5, 0.6) is 0 Å². The van der Waals surface area contributed by atoms with E-state index < -0.39 is 0 Å². The van der Waals surface area contributed by atoms with Gasteiger partial charge in [-0.05, 0) is 43.8 Å². The quantitative estimate of drug-likeness (QED) is 0.865. The van der Waals surface area contributed by atoms with E-state index in [1.807, 2.05) is 6.07 Å². The van der Waals surface area contributed by atoms with Crippen LogP contribution in [0, 0.1) is 5.92 Å². The number of hydrogen-bond donors (Lipinski definition) is 1. The number of likely N-dealkylation sites (tertiary alicyclic amines) is 1. The zero-order chi connectivity index (χ0) is 12.1. The largest absolute Gasteiger partial charge is 0.324 e. The predicted molar refractivity (Wildman–Crippen MR) is 72.8 cm³/mol. The van der Waals surface area contributed by atoms with Gasteiger partial charge in [-0.25, -0.2) is 0 Å². The highest BCUT2D eigenvalue weighted by Crippen LogP contribution is 2.18. The number of piperidine rings is 1. The molecule has 94 valence electrons. The summed E-state index contributed by atoms with van der Waals surface area (Å²) in [5.74, 6) is 0.858. The van der Waals surface area contributed by atoms with E-state index in [2.05, 4.69) is 36.1 Å². The molecule has 0 saturated carbocycles. The van der Waals surface area contributed by atoms with Crippen molar-refractivity contribution in [1.82, 2.24) is 4.90 Å². The minimum Gasteiger partial charge on any atom is -0.324 e. The van der Waals surface area contributed by atoms with Gasteiger partial charge in [-0.15, -0.1) is 0 Å². The zero-order valence-electron chi connectivity index (χ0n) is 10.8. The summed E-state index contributed by atoms with van der Waals surface area (Å²) in [6.45, 7) is 6.00. The van der Waals surface area contributed by atoms with Crippen LogP contribution in [0.4, 0.5) is 0 Å². The van der Waals surface area contributed by atoms with Gasteiger partial charge in [0.2, 0.25) is 0 Å². The molecule has 0 bridgehead atoms. The number of rotatable bonds is 4. The summed E-state index contributed by atoms with van der Waals surface area (Å²) >= 11 is 0. The van der Waals surface area contributed by atoms with Crippen LogP contribution < -0.4 is 5.73 Å². The van der Waals surface area contributed by atoms with Crippen molar-refractivity contribution >= 4 is 0 Å². The molecule has 1 fully saturated rings. The first-order valence-corrected chi connectivity index (χ1v) is 6.78. The maximum atomic E-state index is 6.22. The van der Waals surface area contributed by atoms with Crippen LogP contribution in [0.1, 0.15) is 37.8 Å². The molecule has 0 spiro atoms. The van der Waals surface area contributed by atoms with E-state index in [-0.39, 0.29) is 6.04 Å². The van der Waals surface area contributed by atoms with Crippen LogP contribution in [0.15, 0.2) is 30.3 Å². The maximum absolute atomic E-state index is 6.22. The van der Waals surface area contributed by atoms with E-state index in [4.69, 9.17) is 5.73 Å². The number of benzene rings is 1. The Hall–Kier alpha value is -0.860.